The average molecular weight is 363 g/mol. The van der Waals surface area contributed by atoms with Gasteiger partial charge in [0.25, 0.3) is 10.1 Å². The Morgan fingerprint density at radius 2 is 1.62 bits per heavy atom. The molecule has 0 bridgehead atoms. The van der Waals surface area contributed by atoms with Crippen LogP contribution in [0.2, 0.25) is 0 Å². The van der Waals surface area contributed by atoms with Gasteiger partial charge in [0.15, 0.2) is 0 Å². The van der Waals surface area contributed by atoms with Crippen LogP contribution in [0.1, 0.15) is 26.3 Å². The number of hydrogen-bond acceptors (Lipinski definition) is 5. The Morgan fingerprint density at radius 1 is 1.04 bits per heavy atom. The minimum Gasteiger partial charge on any atom is -0.282 e. The summed E-state index contributed by atoms with van der Waals surface area (Å²) in [6, 6.07) is 12.2. The molecule has 0 spiro atoms. The largest absolute Gasteiger partial charge is 0.296 e. The van der Waals surface area contributed by atoms with Gasteiger partial charge in [-0.3, -0.25) is 4.55 Å². The number of carbonyl (C=O) groups excluding carboxylic acids is 1. The summed E-state index contributed by atoms with van der Waals surface area (Å²) in [5.41, 5.74) is 1.11. The van der Waals surface area contributed by atoms with Gasteiger partial charge in [0.2, 0.25) is 6.08 Å². The Kier molecular flexibility index (Phi) is 5.30. The van der Waals surface area contributed by atoms with Gasteiger partial charge in [0, 0.05) is 9.79 Å². The maximum Gasteiger partial charge on any atom is 0.296 e. The molecule has 0 saturated carbocycles. The molecular weight excluding hydrogens is 346 g/mol. The molecule has 0 amide bonds. The van der Waals surface area contributed by atoms with E-state index in [9.17, 15) is 17.8 Å². The molecule has 0 aliphatic heterocycles. The number of hydrogen-bond donors (Lipinski definition) is 1. The van der Waals surface area contributed by atoms with Crippen molar-refractivity contribution in [2.75, 3.05) is 0 Å². The molecule has 24 heavy (non-hydrogen) atoms. The van der Waals surface area contributed by atoms with Crippen LogP contribution in [0.3, 0.4) is 0 Å². The molecular formula is C17H17NO4S2. The van der Waals surface area contributed by atoms with Crippen molar-refractivity contribution in [2.24, 2.45) is 4.99 Å². The smallest absolute Gasteiger partial charge is 0.282 e. The second-order valence-corrected chi connectivity index (χ2v) is 8.72. The summed E-state index contributed by atoms with van der Waals surface area (Å²) in [5, 5.41) is 0. The van der Waals surface area contributed by atoms with Crippen molar-refractivity contribution in [3.63, 3.8) is 0 Å². The predicted octanol–water partition coefficient (Wildman–Crippen LogP) is 4.35. The van der Waals surface area contributed by atoms with E-state index in [-0.39, 0.29) is 11.1 Å². The topological polar surface area (TPSA) is 83.8 Å². The summed E-state index contributed by atoms with van der Waals surface area (Å²) in [5.74, 6) is 0. The van der Waals surface area contributed by atoms with E-state index in [1.54, 1.807) is 6.07 Å². The van der Waals surface area contributed by atoms with E-state index in [0.29, 0.717) is 4.90 Å². The lowest BCUT2D eigenvalue weighted by atomic mass is 9.87. The van der Waals surface area contributed by atoms with Gasteiger partial charge < -0.3 is 0 Å². The van der Waals surface area contributed by atoms with Crippen LogP contribution in [0.5, 0.6) is 0 Å². The van der Waals surface area contributed by atoms with E-state index in [1.807, 2.05) is 24.3 Å². The van der Waals surface area contributed by atoms with Crippen LogP contribution in [-0.4, -0.2) is 19.1 Å². The zero-order valence-corrected chi connectivity index (χ0v) is 15.1. The maximum atomic E-state index is 11.4. The van der Waals surface area contributed by atoms with Crippen LogP contribution in [0, 0.1) is 0 Å². The molecule has 126 valence electrons. The summed E-state index contributed by atoms with van der Waals surface area (Å²) in [6.45, 7) is 6.37. The second kappa shape index (κ2) is 6.91. The van der Waals surface area contributed by atoms with E-state index in [4.69, 9.17) is 0 Å². The molecule has 2 rings (SSSR count). The Balaban J connectivity index is 2.35. The fourth-order valence-electron chi connectivity index (χ4n) is 2.07. The first-order valence-electron chi connectivity index (χ1n) is 7.09. The van der Waals surface area contributed by atoms with E-state index in [0.717, 1.165) is 4.90 Å². The predicted molar refractivity (Wildman–Crippen MR) is 93.3 cm³/mol. The minimum absolute atomic E-state index is 0.0514. The molecule has 0 aliphatic rings. The first-order valence-corrected chi connectivity index (χ1v) is 9.35. The highest BCUT2D eigenvalue weighted by Gasteiger charge is 2.17. The molecule has 5 nitrogen and oxygen atoms in total. The van der Waals surface area contributed by atoms with Gasteiger partial charge in [-0.15, -0.1) is 0 Å². The fraction of sp³-hybridized carbons (Fsp3) is 0.235. The Hall–Kier alpha value is -1.92. The van der Waals surface area contributed by atoms with Gasteiger partial charge in [0.05, 0.1) is 5.69 Å². The summed E-state index contributed by atoms with van der Waals surface area (Å²) >= 11 is 1.35. The van der Waals surface area contributed by atoms with Crippen molar-refractivity contribution in [3.05, 3.63) is 48.0 Å². The highest BCUT2D eigenvalue weighted by molar-refractivity contribution is 7.99. The monoisotopic (exact) mass is 363 g/mol. The number of benzene rings is 2. The van der Waals surface area contributed by atoms with Gasteiger partial charge in [-0.1, -0.05) is 44.7 Å². The average Bonchev–Trinajstić information content (AvgIpc) is 2.47. The van der Waals surface area contributed by atoms with Crippen LogP contribution in [0.25, 0.3) is 0 Å². The van der Waals surface area contributed by atoms with Crippen LogP contribution in [0.4, 0.5) is 5.69 Å². The normalized spacial score (nSPS) is 11.8. The Labute approximate surface area is 145 Å². The first-order chi connectivity index (χ1) is 11.1. The third-order valence-corrected chi connectivity index (χ3v) is 5.21. The van der Waals surface area contributed by atoms with Gasteiger partial charge >= 0.3 is 0 Å². The van der Waals surface area contributed by atoms with E-state index in [1.165, 1.54) is 35.5 Å². The maximum absolute atomic E-state index is 11.4. The van der Waals surface area contributed by atoms with Crippen molar-refractivity contribution < 1.29 is 17.8 Å². The molecule has 0 unspecified atom stereocenters. The fourth-order valence-corrected chi connectivity index (χ4v) is 3.65. The SMILES string of the molecule is CC(C)(C)c1ccc(Sc2ccc(N=C=O)c(S(=O)(=O)O)c2)cc1. The molecule has 2 aromatic rings. The van der Waals surface area contributed by atoms with Crippen LogP contribution in [0.15, 0.2) is 62.1 Å². The molecule has 1 N–H and O–H groups in total. The molecule has 7 heteroatoms. The van der Waals surface area contributed by atoms with Gasteiger partial charge in [-0.05, 0) is 41.3 Å². The third kappa shape index (κ3) is 4.55. The van der Waals surface area contributed by atoms with Crippen LogP contribution < -0.4 is 0 Å². The summed E-state index contributed by atoms with van der Waals surface area (Å²) in [7, 11) is -4.48. The zero-order chi connectivity index (χ0) is 18.0. The second-order valence-electron chi connectivity index (χ2n) is 6.18. The number of isocyanates is 1. The van der Waals surface area contributed by atoms with Crippen molar-refractivity contribution in [3.8, 4) is 0 Å². The summed E-state index contributed by atoms with van der Waals surface area (Å²) < 4.78 is 32.2. The Bertz CT molecular complexity index is 891. The Morgan fingerprint density at radius 3 is 2.12 bits per heavy atom. The minimum atomic E-state index is -4.48. The quantitative estimate of drug-likeness (QED) is 0.496. The molecule has 0 aliphatic carbocycles. The molecule has 0 aromatic heterocycles. The molecule has 0 heterocycles. The standard InChI is InChI=1S/C17H17NO4S2/c1-17(2,3)12-4-6-13(7-5-12)23-14-8-9-15(18-11-19)16(10-14)24(20,21)22/h4-10H,1-3H3,(H,20,21,22). The lowest BCUT2D eigenvalue weighted by Gasteiger charge is -2.19. The first kappa shape index (κ1) is 18.4. The summed E-state index contributed by atoms with van der Waals surface area (Å²) in [6.07, 6.45) is 1.28. The van der Waals surface area contributed by atoms with E-state index in [2.05, 4.69) is 25.8 Å². The lowest BCUT2D eigenvalue weighted by molar-refractivity contribution is 0.483. The van der Waals surface area contributed by atoms with E-state index < -0.39 is 15.0 Å². The lowest BCUT2D eigenvalue weighted by Crippen LogP contribution is -2.10. The molecule has 0 saturated heterocycles. The number of nitrogens with zero attached hydrogens (tertiary/aromatic N) is 1. The van der Waals surface area contributed by atoms with Crippen molar-refractivity contribution in [2.45, 2.75) is 40.9 Å². The van der Waals surface area contributed by atoms with Gasteiger partial charge in [0.1, 0.15) is 4.90 Å². The highest BCUT2D eigenvalue weighted by atomic mass is 32.2. The molecule has 0 radical (unpaired) electrons. The highest BCUT2D eigenvalue weighted by Crippen LogP contribution is 2.34. The third-order valence-electron chi connectivity index (χ3n) is 3.33. The van der Waals surface area contributed by atoms with Crippen molar-refractivity contribution in [1.29, 1.82) is 0 Å². The molecule has 0 atom stereocenters. The van der Waals surface area contributed by atoms with E-state index >= 15 is 0 Å². The number of rotatable bonds is 4. The zero-order valence-electron chi connectivity index (χ0n) is 13.5. The number of aliphatic imine (C=N–C) groups is 1. The van der Waals surface area contributed by atoms with Crippen molar-refractivity contribution >= 4 is 33.6 Å². The molecule has 2 aromatic carbocycles. The summed E-state index contributed by atoms with van der Waals surface area (Å²) in [4.78, 5) is 14.8. The van der Waals surface area contributed by atoms with Gasteiger partial charge in [-0.2, -0.15) is 13.4 Å². The molecule has 0 fully saturated rings. The van der Waals surface area contributed by atoms with Crippen LogP contribution >= 0.6 is 11.8 Å². The van der Waals surface area contributed by atoms with Crippen LogP contribution in [-0.2, 0) is 20.3 Å². The van der Waals surface area contributed by atoms with Crippen molar-refractivity contribution in [1.82, 2.24) is 0 Å². The van der Waals surface area contributed by atoms with Gasteiger partial charge in [-0.25, -0.2) is 4.79 Å².